The van der Waals surface area contributed by atoms with Crippen molar-refractivity contribution in [3.63, 3.8) is 0 Å². The lowest BCUT2D eigenvalue weighted by Crippen LogP contribution is -2.27. The zero-order valence-corrected chi connectivity index (χ0v) is 15.2. The highest BCUT2D eigenvalue weighted by Gasteiger charge is 2.13. The molecule has 3 rings (SSSR count). The van der Waals surface area contributed by atoms with Crippen LogP contribution in [-0.2, 0) is 11.2 Å². The molecule has 0 saturated carbocycles. The number of carbonyl (C=O) groups excluding carboxylic acids is 1. The van der Waals surface area contributed by atoms with Crippen molar-refractivity contribution in [1.29, 1.82) is 0 Å². The van der Waals surface area contributed by atoms with Crippen molar-refractivity contribution in [2.75, 3.05) is 0 Å². The zero-order chi connectivity index (χ0) is 16.2. The molecule has 0 bridgehead atoms. The third-order valence-electron chi connectivity index (χ3n) is 3.65. The Bertz CT molecular complexity index is 798. The lowest BCUT2D eigenvalue weighted by atomic mass is 10.1. The minimum Gasteiger partial charge on any atom is -0.350 e. The van der Waals surface area contributed by atoms with E-state index in [-0.39, 0.29) is 11.9 Å². The number of aromatic nitrogens is 1. The monoisotopic (exact) mass is 388 g/mol. The molecule has 0 aliphatic rings. The number of benzene rings is 2. The highest BCUT2D eigenvalue weighted by atomic mass is 79.9. The summed E-state index contributed by atoms with van der Waals surface area (Å²) in [5.41, 5.74) is 2.09. The number of aryl methyl sites for hydroxylation is 1. The zero-order valence-electron chi connectivity index (χ0n) is 12.8. The van der Waals surface area contributed by atoms with Crippen LogP contribution in [-0.4, -0.2) is 10.9 Å². The van der Waals surface area contributed by atoms with Crippen LogP contribution in [0.4, 0.5) is 0 Å². The van der Waals surface area contributed by atoms with Crippen molar-refractivity contribution >= 4 is 43.4 Å². The van der Waals surface area contributed by atoms with Crippen molar-refractivity contribution in [3.05, 3.63) is 63.6 Å². The predicted octanol–water partition coefficient (Wildman–Crippen LogP) is 4.87. The van der Waals surface area contributed by atoms with Gasteiger partial charge in [-0.25, -0.2) is 4.98 Å². The highest BCUT2D eigenvalue weighted by Crippen LogP contribution is 2.24. The van der Waals surface area contributed by atoms with Crippen molar-refractivity contribution in [2.45, 2.75) is 25.8 Å². The van der Waals surface area contributed by atoms with Gasteiger partial charge in [-0.3, -0.25) is 4.79 Å². The first-order valence-electron chi connectivity index (χ1n) is 7.52. The molecule has 1 atom stereocenters. The standard InChI is InChI=1S/C18H17BrN2OS/c1-12(13-6-2-3-7-14(13)19)20-17(22)10-11-18-21-15-8-4-5-9-16(15)23-18/h2-9,12H,10-11H2,1H3,(H,20,22)/t12-/m1/s1. The number of rotatable bonds is 5. The van der Waals surface area contributed by atoms with Gasteiger partial charge >= 0.3 is 0 Å². The normalized spacial score (nSPS) is 12.3. The van der Waals surface area contributed by atoms with Crippen LogP contribution in [0.15, 0.2) is 53.0 Å². The molecule has 1 aromatic heterocycles. The van der Waals surface area contributed by atoms with Crippen molar-refractivity contribution in [2.24, 2.45) is 0 Å². The fourth-order valence-corrected chi connectivity index (χ4v) is 4.06. The molecule has 1 heterocycles. The molecule has 1 N–H and O–H groups in total. The second-order valence-corrected chi connectivity index (χ2v) is 7.36. The number of fused-ring (bicyclic) bond motifs is 1. The average Bonchev–Trinajstić information content (AvgIpc) is 2.96. The number of nitrogens with one attached hydrogen (secondary N) is 1. The maximum absolute atomic E-state index is 12.2. The Morgan fingerprint density at radius 3 is 2.74 bits per heavy atom. The van der Waals surface area contributed by atoms with Gasteiger partial charge in [0.05, 0.1) is 21.3 Å². The molecular weight excluding hydrogens is 372 g/mol. The summed E-state index contributed by atoms with van der Waals surface area (Å²) >= 11 is 5.18. The third kappa shape index (κ3) is 3.98. The molecular formula is C18H17BrN2OS. The molecule has 2 aromatic carbocycles. The Morgan fingerprint density at radius 2 is 1.96 bits per heavy atom. The highest BCUT2D eigenvalue weighted by molar-refractivity contribution is 9.10. The first-order chi connectivity index (χ1) is 11.1. The molecule has 0 saturated heterocycles. The number of thiazole rings is 1. The van der Waals surface area contributed by atoms with Crippen LogP contribution in [0.1, 0.15) is 30.0 Å². The van der Waals surface area contributed by atoms with Crippen LogP contribution in [0.2, 0.25) is 0 Å². The fraction of sp³-hybridized carbons (Fsp3) is 0.222. The van der Waals surface area contributed by atoms with Gasteiger partial charge in [0.1, 0.15) is 0 Å². The van der Waals surface area contributed by atoms with Crippen molar-refractivity contribution < 1.29 is 4.79 Å². The molecule has 3 aromatic rings. The summed E-state index contributed by atoms with van der Waals surface area (Å²) in [6, 6.07) is 16.0. The fourth-order valence-electron chi connectivity index (χ4n) is 2.46. The van der Waals surface area contributed by atoms with Gasteiger partial charge in [0.15, 0.2) is 0 Å². The van der Waals surface area contributed by atoms with Crippen LogP contribution in [0.25, 0.3) is 10.2 Å². The summed E-state index contributed by atoms with van der Waals surface area (Å²) in [6.45, 7) is 2.00. The van der Waals surface area contributed by atoms with Gasteiger partial charge in [-0.15, -0.1) is 11.3 Å². The minimum absolute atomic E-state index is 0.0200. The third-order valence-corrected chi connectivity index (χ3v) is 5.47. The lowest BCUT2D eigenvalue weighted by Gasteiger charge is -2.15. The molecule has 0 aliphatic heterocycles. The molecule has 1 amide bonds. The van der Waals surface area contributed by atoms with E-state index >= 15 is 0 Å². The molecule has 0 radical (unpaired) electrons. The summed E-state index contributed by atoms with van der Waals surface area (Å²) < 4.78 is 2.18. The first kappa shape index (κ1) is 16.1. The number of hydrogen-bond donors (Lipinski definition) is 1. The van der Waals surface area contributed by atoms with Crippen LogP contribution in [0.3, 0.4) is 0 Å². The first-order valence-corrected chi connectivity index (χ1v) is 9.12. The lowest BCUT2D eigenvalue weighted by molar-refractivity contribution is -0.121. The minimum atomic E-state index is -0.0200. The molecule has 3 nitrogen and oxygen atoms in total. The maximum Gasteiger partial charge on any atom is 0.220 e. The van der Waals surface area contributed by atoms with Crippen LogP contribution in [0, 0.1) is 0 Å². The molecule has 0 aliphatic carbocycles. The molecule has 23 heavy (non-hydrogen) atoms. The van der Waals surface area contributed by atoms with Crippen LogP contribution in [0.5, 0.6) is 0 Å². The van der Waals surface area contributed by atoms with E-state index < -0.39 is 0 Å². The van der Waals surface area contributed by atoms with Crippen molar-refractivity contribution in [1.82, 2.24) is 10.3 Å². The number of para-hydroxylation sites is 1. The van der Waals surface area contributed by atoms with Crippen molar-refractivity contribution in [3.8, 4) is 0 Å². The topological polar surface area (TPSA) is 42.0 Å². The van der Waals surface area contributed by atoms with E-state index in [1.807, 2.05) is 49.4 Å². The molecule has 0 fully saturated rings. The Morgan fingerprint density at radius 1 is 1.22 bits per heavy atom. The van der Waals surface area contributed by atoms with E-state index in [0.717, 1.165) is 20.6 Å². The van der Waals surface area contributed by atoms with E-state index in [0.29, 0.717) is 12.8 Å². The van der Waals surface area contributed by atoms with E-state index in [9.17, 15) is 4.79 Å². The molecule has 5 heteroatoms. The Labute approximate surface area is 147 Å². The number of halogens is 1. The van der Waals surface area contributed by atoms with E-state index in [4.69, 9.17) is 0 Å². The van der Waals surface area contributed by atoms with Gasteiger partial charge in [-0.1, -0.05) is 46.3 Å². The van der Waals surface area contributed by atoms with E-state index in [1.54, 1.807) is 11.3 Å². The van der Waals surface area contributed by atoms with Crippen LogP contribution >= 0.6 is 27.3 Å². The number of carbonyl (C=O) groups is 1. The Kier molecular flexibility index (Phi) is 5.08. The smallest absolute Gasteiger partial charge is 0.220 e. The molecule has 0 spiro atoms. The van der Waals surface area contributed by atoms with Gasteiger partial charge in [-0.2, -0.15) is 0 Å². The number of amides is 1. The average molecular weight is 389 g/mol. The second kappa shape index (κ2) is 7.23. The second-order valence-electron chi connectivity index (χ2n) is 5.39. The number of nitrogens with zero attached hydrogens (tertiary/aromatic N) is 1. The predicted molar refractivity (Wildman–Crippen MR) is 98.6 cm³/mol. The summed E-state index contributed by atoms with van der Waals surface area (Å²) in [5.74, 6) is 0.0486. The van der Waals surface area contributed by atoms with Gasteiger partial charge in [-0.05, 0) is 30.7 Å². The summed E-state index contributed by atoms with van der Waals surface area (Å²) in [7, 11) is 0. The van der Waals surface area contributed by atoms with Gasteiger partial charge in [0.25, 0.3) is 0 Å². The van der Waals surface area contributed by atoms with Gasteiger partial charge in [0.2, 0.25) is 5.91 Å². The quantitative estimate of drug-likeness (QED) is 0.677. The van der Waals surface area contributed by atoms with Crippen LogP contribution < -0.4 is 5.32 Å². The molecule has 0 unspecified atom stereocenters. The Balaban J connectivity index is 1.58. The SMILES string of the molecule is C[C@@H](NC(=O)CCc1nc2ccccc2s1)c1ccccc1Br. The summed E-state index contributed by atoms with van der Waals surface area (Å²) in [4.78, 5) is 16.7. The summed E-state index contributed by atoms with van der Waals surface area (Å²) in [5, 5.41) is 4.06. The van der Waals surface area contributed by atoms with E-state index in [2.05, 4.69) is 32.3 Å². The van der Waals surface area contributed by atoms with Gasteiger partial charge < -0.3 is 5.32 Å². The Hall–Kier alpha value is -1.72. The largest absolute Gasteiger partial charge is 0.350 e. The van der Waals surface area contributed by atoms with E-state index in [1.165, 1.54) is 4.70 Å². The summed E-state index contributed by atoms with van der Waals surface area (Å²) in [6.07, 6.45) is 1.13. The molecule has 118 valence electrons. The maximum atomic E-state index is 12.2. The number of hydrogen-bond acceptors (Lipinski definition) is 3. The van der Waals surface area contributed by atoms with Gasteiger partial charge in [0, 0.05) is 17.3 Å².